The van der Waals surface area contributed by atoms with Crippen LogP contribution in [0.1, 0.15) is 107 Å². The summed E-state index contributed by atoms with van der Waals surface area (Å²) in [7, 11) is -9.35. The maximum absolute atomic E-state index is 13.2. The fourth-order valence-electron chi connectivity index (χ4n) is 8.21. The van der Waals surface area contributed by atoms with Gasteiger partial charge in [-0.15, -0.1) is 0 Å². The molecule has 386 valence electrons. The second-order valence-corrected chi connectivity index (χ2v) is 28.2. The highest BCUT2D eigenvalue weighted by atomic mass is 31.2. The minimum absolute atomic E-state index is 0.0501. The highest BCUT2D eigenvalue weighted by molar-refractivity contribution is 7.57. The summed E-state index contributed by atoms with van der Waals surface area (Å²) in [6.07, 6.45) is 0.288. The van der Waals surface area contributed by atoms with E-state index < -0.39 is 60.1 Å². The molecule has 2 aliphatic heterocycles. The Labute approximate surface area is 410 Å². The summed E-state index contributed by atoms with van der Waals surface area (Å²) in [5.41, 5.74) is 8.64. The molecule has 3 N–H and O–H groups in total. The quantitative estimate of drug-likeness (QED) is 0.0283. The van der Waals surface area contributed by atoms with E-state index in [2.05, 4.69) is 31.7 Å². The molecule has 70 heavy (non-hydrogen) atoms. The van der Waals surface area contributed by atoms with Gasteiger partial charge < -0.3 is 38.0 Å². The SMILES string of the molecule is CCOC(=O)[C@H](C)NP(=O)(C/C(C)=C/Cc1c(O)c2c(c(C)c1CC)COC2=O)OCC(F)(F)F.CCc1c(C)c2c(c(OCC[Si](C)(C)C)c1C/C=C(\C)CP(=O)(O)Oc1ccccc1)C(=O)OC2. The van der Waals surface area contributed by atoms with Gasteiger partial charge in [0.2, 0.25) is 0 Å². The predicted molar refractivity (Wildman–Crippen MR) is 265 cm³/mol. The molecule has 20 heteroatoms. The number of nitrogens with one attached hydrogen (secondary N) is 1. The summed E-state index contributed by atoms with van der Waals surface area (Å²) in [6.45, 7) is 20.2. The number of phenols is 1. The second kappa shape index (κ2) is 24.6. The topological polar surface area (TPSA) is 193 Å². The van der Waals surface area contributed by atoms with E-state index in [1.807, 2.05) is 39.8 Å². The first-order chi connectivity index (χ1) is 32.6. The zero-order valence-corrected chi connectivity index (χ0v) is 44.8. The Morgan fingerprint density at radius 2 is 1.39 bits per heavy atom. The van der Waals surface area contributed by atoms with Crippen molar-refractivity contribution in [1.82, 2.24) is 5.09 Å². The summed E-state index contributed by atoms with van der Waals surface area (Å²) in [5.74, 6) is -0.952. The molecule has 2 heterocycles. The number of esters is 3. The minimum Gasteiger partial charge on any atom is -0.507 e. The molecule has 3 atom stereocenters. The Hall–Kier alpha value is -4.70. The molecule has 2 aliphatic rings. The van der Waals surface area contributed by atoms with Crippen LogP contribution in [-0.4, -0.2) is 80.3 Å². The van der Waals surface area contributed by atoms with Crippen LogP contribution in [0.15, 0.2) is 53.6 Å². The number of hydrogen-bond donors (Lipinski definition) is 3. The van der Waals surface area contributed by atoms with Crippen LogP contribution in [0.4, 0.5) is 13.2 Å². The first-order valence-electron chi connectivity index (χ1n) is 23.3. The number of para-hydroxylation sites is 1. The number of carbonyl (C=O) groups excluding carboxylic acids is 3. The van der Waals surface area contributed by atoms with Gasteiger partial charge in [0.05, 0.1) is 25.5 Å². The number of alkyl halides is 3. The molecule has 0 fully saturated rings. The highest BCUT2D eigenvalue weighted by Gasteiger charge is 2.37. The Balaban J connectivity index is 0.000000305. The zero-order chi connectivity index (χ0) is 52.4. The molecule has 0 bridgehead atoms. The number of ether oxygens (including phenoxy) is 4. The average Bonchev–Trinajstić information content (AvgIpc) is 3.86. The van der Waals surface area contributed by atoms with Crippen molar-refractivity contribution in [3.8, 4) is 17.2 Å². The Morgan fingerprint density at radius 1 is 0.857 bits per heavy atom. The molecule has 0 aliphatic carbocycles. The third kappa shape index (κ3) is 15.9. The summed E-state index contributed by atoms with van der Waals surface area (Å²) < 4.78 is 95.9. The van der Waals surface area contributed by atoms with Gasteiger partial charge in [0.25, 0.3) is 7.52 Å². The van der Waals surface area contributed by atoms with E-state index in [0.29, 0.717) is 53.2 Å². The fourth-order valence-corrected chi connectivity index (χ4v) is 12.3. The van der Waals surface area contributed by atoms with Gasteiger partial charge in [0, 0.05) is 30.3 Å². The van der Waals surface area contributed by atoms with E-state index in [4.69, 9.17) is 28.0 Å². The van der Waals surface area contributed by atoms with Crippen LogP contribution in [0.3, 0.4) is 0 Å². The van der Waals surface area contributed by atoms with Gasteiger partial charge in [-0.1, -0.05) is 75.0 Å². The summed E-state index contributed by atoms with van der Waals surface area (Å²) in [6, 6.07) is 8.47. The third-order valence-electron chi connectivity index (χ3n) is 11.8. The van der Waals surface area contributed by atoms with E-state index in [1.165, 1.54) is 6.92 Å². The Bertz CT molecular complexity index is 2560. The molecule has 5 rings (SSSR count). The molecule has 0 aromatic heterocycles. The average molecular weight is 1040 g/mol. The van der Waals surface area contributed by atoms with Crippen LogP contribution >= 0.6 is 15.1 Å². The fraction of sp³-hybridized carbons (Fsp3) is 0.500. The van der Waals surface area contributed by atoms with Crippen molar-refractivity contribution in [3.63, 3.8) is 0 Å². The first-order valence-corrected chi connectivity index (χ1v) is 30.5. The maximum atomic E-state index is 13.2. The number of rotatable bonds is 22. The number of allylic oxidation sites excluding steroid dienone is 4. The van der Waals surface area contributed by atoms with Gasteiger partial charge in [0.15, 0.2) is 6.61 Å². The second-order valence-electron chi connectivity index (χ2n) is 18.6. The number of fused-ring (bicyclic) bond motifs is 2. The molecule has 0 amide bonds. The molecule has 2 unspecified atom stereocenters. The highest BCUT2D eigenvalue weighted by Crippen LogP contribution is 2.47. The Morgan fingerprint density at radius 3 is 1.93 bits per heavy atom. The standard InChI is InChI=1S/C27H37O6PSi.C23H31F3NO7P/c1-7-22-20(3)24-17-32-27(28)25(24)26(31-15-16-35(4,5)6)23(22)14-13-19(2)18-34(29,30)33-21-11-9-8-10-12-21;1-6-16-14(4)18-10-33-22(30)19(18)20(28)17(16)9-8-13(3)11-35(31,34-12-23(24,25)26)27-15(5)21(29)32-7-2/h8-13H,7,14-18H2,1-6H3,(H,29,30);8,15,28H,6-7,9-12H2,1-5H3,(H,27,31)/b19-13+;13-8+/t;15-,35?/m.0/s1. The summed E-state index contributed by atoms with van der Waals surface area (Å²) in [4.78, 5) is 47.1. The lowest BCUT2D eigenvalue weighted by atomic mass is 9.89. The van der Waals surface area contributed by atoms with Crippen molar-refractivity contribution in [1.29, 1.82) is 0 Å². The number of halogens is 3. The molecular formula is C50H68F3NO13P2Si. The van der Waals surface area contributed by atoms with Crippen LogP contribution in [0, 0.1) is 13.8 Å². The summed E-state index contributed by atoms with van der Waals surface area (Å²) >= 11 is 0. The number of carbonyl (C=O) groups is 3. The van der Waals surface area contributed by atoms with Crippen LogP contribution in [0.2, 0.25) is 25.7 Å². The molecule has 3 aromatic rings. The monoisotopic (exact) mass is 1040 g/mol. The molecule has 0 spiro atoms. The van der Waals surface area contributed by atoms with Crippen LogP contribution in [0.5, 0.6) is 17.2 Å². The van der Waals surface area contributed by atoms with E-state index in [1.54, 1.807) is 44.2 Å². The predicted octanol–water partition coefficient (Wildman–Crippen LogP) is 11.4. The minimum atomic E-state index is -4.72. The van der Waals surface area contributed by atoms with Crippen molar-refractivity contribution in [2.75, 3.05) is 32.1 Å². The number of aromatic hydroxyl groups is 1. The van der Waals surface area contributed by atoms with Gasteiger partial charge in [-0.05, 0) is 108 Å². The van der Waals surface area contributed by atoms with Gasteiger partial charge in [-0.25, -0.2) is 19.2 Å². The van der Waals surface area contributed by atoms with Crippen molar-refractivity contribution >= 4 is 41.1 Å². The van der Waals surface area contributed by atoms with Crippen LogP contribution < -0.4 is 14.3 Å². The van der Waals surface area contributed by atoms with E-state index in [0.717, 1.165) is 51.4 Å². The summed E-state index contributed by atoms with van der Waals surface area (Å²) in [5, 5.41) is 13.1. The smallest absolute Gasteiger partial charge is 0.412 e. The lowest BCUT2D eigenvalue weighted by Gasteiger charge is -2.24. The van der Waals surface area contributed by atoms with E-state index in [9.17, 15) is 46.7 Å². The lowest BCUT2D eigenvalue weighted by Crippen LogP contribution is -2.35. The van der Waals surface area contributed by atoms with E-state index in [-0.39, 0.29) is 49.7 Å². The van der Waals surface area contributed by atoms with Crippen molar-refractivity contribution in [2.24, 2.45) is 0 Å². The van der Waals surface area contributed by atoms with Crippen molar-refractivity contribution in [2.45, 2.75) is 132 Å². The number of benzene rings is 3. The van der Waals surface area contributed by atoms with Gasteiger partial charge in [-0.3, -0.25) is 9.36 Å². The van der Waals surface area contributed by atoms with Gasteiger partial charge in [0.1, 0.15) is 47.6 Å². The van der Waals surface area contributed by atoms with Crippen LogP contribution in [0.25, 0.3) is 0 Å². The third-order valence-corrected chi connectivity index (χ3v) is 17.1. The van der Waals surface area contributed by atoms with Gasteiger partial charge in [-0.2, -0.15) is 13.2 Å². The molecular weight excluding hydrogens is 970 g/mol. The molecule has 0 saturated heterocycles. The molecule has 3 aromatic carbocycles. The normalized spacial score (nSPS) is 15.9. The van der Waals surface area contributed by atoms with Crippen molar-refractivity contribution in [3.05, 3.63) is 109 Å². The number of phenolic OH excluding ortho intramolecular Hbond substituents is 1. The van der Waals surface area contributed by atoms with Crippen LogP contribution in [-0.2, 0) is 71.6 Å². The van der Waals surface area contributed by atoms with E-state index >= 15 is 0 Å². The number of cyclic esters (lactones) is 2. The molecule has 0 radical (unpaired) electrons. The lowest BCUT2D eigenvalue weighted by molar-refractivity contribution is -0.153. The van der Waals surface area contributed by atoms with Gasteiger partial charge >= 0.3 is 31.7 Å². The zero-order valence-electron chi connectivity index (χ0n) is 42.0. The largest absolute Gasteiger partial charge is 0.507 e. The Kier molecular flexibility index (Phi) is 20.4. The van der Waals surface area contributed by atoms with Crippen molar-refractivity contribution < 1.29 is 74.7 Å². The molecule has 0 saturated carbocycles. The number of hydrogen-bond acceptors (Lipinski definition) is 12. The molecule has 14 nitrogen and oxygen atoms in total. The maximum Gasteiger partial charge on any atom is 0.412 e. The first kappa shape index (κ1) is 57.9.